The van der Waals surface area contributed by atoms with Crippen LogP contribution in [-0.4, -0.2) is 10.5 Å². The third-order valence-electron chi connectivity index (χ3n) is 1.64. The van der Waals surface area contributed by atoms with Gasteiger partial charge in [-0.25, -0.2) is 0 Å². The SMILES string of the molecule is CC(NC(=O)S)c1ccccc1.NC(=O)S.[H-].[K+]. The van der Waals surface area contributed by atoms with Crippen molar-refractivity contribution < 1.29 is 62.4 Å². The van der Waals surface area contributed by atoms with Gasteiger partial charge in [0.15, 0.2) is 0 Å². The first-order valence-corrected chi connectivity index (χ1v) is 5.35. The molecule has 2 amide bonds. The predicted octanol–water partition coefficient (Wildman–Crippen LogP) is -0.502. The minimum Gasteiger partial charge on any atom is -1.00 e. The molecule has 0 aliphatic heterocycles. The molecule has 0 saturated heterocycles. The van der Waals surface area contributed by atoms with E-state index in [1.807, 2.05) is 37.3 Å². The topological polar surface area (TPSA) is 72.2 Å². The summed E-state index contributed by atoms with van der Waals surface area (Å²) in [6.07, 6.45) is 0. The second kappa shape index (κ2) is 11.6. The van der Waals surface area contributed by atoms with Crippen molar-refractivity contribution in [2.45, 2.75) is 13.0 Å². The van der Waals surface area contributed by atoms with E-state index >= 15 is 0 Å². The van der Waals surface area contributed by atoms with Crippen molar-refractivity contribution in [1.29, 1.82) is 0 Å². The number of primary amides is 1. The van der Waals surface area contributed by atoms with Crippen LogP contribution in [0.4, 0.5) is 9.59 Å². The molecule has 0 bridgehead atoms. The van der Waals surface area contributed by atoms with E-state index < -0.39 is 5.24 Å². The van der Waals surface area contributed by atoms with E-state index in [1.165, 1.54) is 0 Å². The van der Waals surface area contributed by atoms with Gasteiger partial charge in [0.05, 0.1) is 6.04 Å². The Labute approximate surface area is 156 Å². The maximum Gasteiger partial charge on any atom is 1.00 e. The van der Waals surface area contributed by atoms with Gasteiger partial charge >= 0.3 is 51.4 Å². The van der Waals surface area contributed by atoms with Gasteiger partial charge in [-0.05, 0) is 12.5 Å². The molecule has 4 nitrogen and oxygen atoms in total. The Bertz CT molecular complexity index is 351. The van der Waals surface area contributed by atoms with Crippen LogP contribution in [0.25, 0.3) is 0 Å². The maximum atomic E-state index is 10.6. The molecule has 0 spiro atoms. The van der Waals surface area contributed by atoms with E-state index in [0.717, 1.165) is 5.56 Å². The summed E-state index contributed by atoms with van der Waals surface area (Å²) in [6, 6.07) is 9.78. The van der Waals surface area contributed by atoms with Gasteiger partial charge < -0.3 is 12.5 Å². The Hall–Kier alpha value is 0.496. The van der Waals surface area contributed by atoms with Crippen molar-refractivity contribution in [3.63, 3.8) is 0 Å². The Kier molecular flexibility index (Phi) is 13.5. The largest absolute Gasteiger partial charge is 1.00 e. The van der Waals surface area contributed by atoms with Gasteiger partial charge in [0.2, 0.25) is 0 Å². The summed E-state index contributed by atoms with van der Waals surface area (Å²) in [7, 11) is 0. The number of carbonyl (C=O) groups is 2. The van der Waals surface area contributed by atoms with Gasteiger partial charge in [-0.15, -0.1) is 0 Å². The number of benzene rings is 1. The fourth-order valence-corrected chi connectivity index (χ4v) is 1.20. The third kappa shape index (κ3) is 12.7. The Morgan fingerprint density at radius 3 is 2.06 bits per heavy atom. The molecule has 17 heavy (non-hydrogen) atoms. The van der Waals surface area contributed by atoms with Crippen LogP contribution in [0, 0.1) is 0 Å². The molecule has 1 rings (SSSR count). The molecule has 1 aromatic carbocycles. The minimum absolute atomic E-state index is 0. The molecular weight excluding hydrogens is 283 g/mol. The first kappa shape index (κ1) is 19.8. The summed E-state index contributed by atoms with van der Waals surface area (Å²) < 4.78 is 0. The average molecular weight is 298 g/mol. The summed E-state index contributed by atoms with van der Waals surface area (Å²) in [5, 5.41) is 1.75. The van der Waals surface area contributed by atoms with Crippen molar-refractivity contribution in [1.82, 2.24) is 5.32 Å². The molecule has 0 aromatic heterocycles. The molecule has 1 aromatic rings. The van der Waals surface area contributed by atoms with Gasteiger partial charge in [-0.1, -0.05) is 55.6 Å². The second-order valence-corrected chi connectivity index (χ2v) is 3.77. The number of nitrogens with two attached hydrogens (primary N) is 1. The molecule has 0 aliphatic carbocycles. The summed E-state index contributed by atoms with van der Waals surface area (Å²) in [5.74, 6) is 0. The molecule has 0 aliphatic rings. The van der Waals surface area contributed by atoms with Gasteiger partial charge in [-0.3, -0.25) is 9.59 Å². The van der Waals surface area contributed by atoms with Gasteiger partial charge in [0.25, 0.3) is 10.5 Å². The van der Waals surface area contributed by atoms with Crippen LogP contribution in [-0.2, 0) is 0 Å². The van der Waals surface area contributed by atoms with Crippen LogP contribution in [0.3, 0.4) is 0 Å². The van der Waals surface area contributed by atoms with Crippen molar-refractivity contribution in [3.8, 4) is 0 Å². The fraction of sp³-hybridized carbons (Fsp3) is 0.200. The van der Waals surface area contributed by atoms with Crippen molar-refractivity contribution in [3.05, 3.63) is 35.9 Å². The van der Waals surface area contributed by atoms with E-state index in [0.29, 0.717) is 0 Å². The monoisotopic (exact) mass is 298 g/mol. The van der Waals surface area contributed by atoms with Crippen LogP contribution in [0.15, 0.2) is 30.3 Å². The molecule has 7 heteroatoms. The smallest absolute Gasteiger partial charge is 1.00 e. The normalized spacial score (nSPS) is 10.1. The van der Waals surface area contributed by atoms with E-state index in [2.05, 4.69) is 36.3 Å². The summed E-state index contributed by atoms with van der Waals surface area (Å²) in [4.78, 5) is 19.7. The average Bonchev–Trinajstić information content (AvgIpc) is 2.17. The van der Waals surface area contributed by atoms with E-state index in [4.69, 9.17) is 4.79 Å². The predicted molar refractivity (Wildman–Crippen MR) is 72.1 cm³/mol. The summed E-state index contributed by atoms with van der Waals surface area (Å²) in [5.41, 5.74) is 5.42. The van der Waals surface area contributed by atoms with Crippen molar-refractivity contribution in [2.75, 3.05) is 0 Å². The van der Waals surface area contributed by atoms with Crippen LogP contribution in [0.5, 0.6) is 0 Å². The Balaban J connectivity index is -0.000000332. The minimum atomic E-state index is -0.639. The zero-order valence-electron chi connectivity index (χ0n) is 10.8. The first-order valence-electron chi connectivity index (χ1n) is 4.46. The standard InChI is InChI=1S/C9H11NOS.CH3NOS.K.H/c1-7(10-9(11)12)8-5-3-2-4-6-8;2-1(3)4;;/h2-7H,1H3,(H2,10,11,12);(H3,2,3,4);;/q;;+1;-1. The van der Waals surface area contributed by atoms with Crippen LogP contribution >= 0.6 is 25.3 Å². The molecule has 0 radical (unpaired) electrons. The van der Waals surface area contributed by atoms with E-state index in [1.54, 1.807) is 0 Å². The van der Waals surface area contributed by atoms with E-state index in [9.17, 15) is 4.79 Å². The van der Waals surface area contributed by atoms with Crippen molar-refractivity contribution >= 4 is 35.7 Å². The zero-order valence-corrected chi connectivity index (χ0v) is 14.7. The molecule has 1 atom stereocenters. The first-order chi connectivity index (χ1) is 7.43. The van der Waals surface area contributed by atoms with Crippen LogP contribution in [0.2, 0.25) is 0 Å². The fourth-order valence-electron chi connectivity index (χ4n) is 1.01. The number of nitrogens with one attached hydrogen (secondary N) is 1. The number of hydrogen-bond donors (Lipinski definition) is 4. The quantitative estimate of drug-likeness (QED) is 0.439. The van der Waals surface area contributed by atoms with Crippen LogP contribution < -0.4 is 62.4 Å². The summed E-state index contributed by atoms with van der Waals surface area (Å²) >= 11 is 6.74. The number of rotatable bonds is 2. The number of amides is 2. The maximum absolute atomic E-state index is 10.6. The Morgan fingerprint density at radius 2 is 1.71 bits per heavy atom. The third-order valence-corrected chi connectivity index (χ3v) is 1.77. The Morgan fingerprint density at radius 1 is 1.29 bits per heavy atom. The number of thiol groups is 2. The molecule has 0 saturated carbocycles. The molecule has 1 unspecified atom stereocenters. The number of carbonyl (C=O) groups excluding carboxylic acids is 2. The van der Waals surface area contributed by atoms with Gasteiger partial charge in [0, 0.05) is 0 Å². The molecular formula is C10H15KN2O2S2. The molecule has 0 fully saturated rings. The van der Waals surface area contributed by atoms with Crippen LogP contribution in [0.1, 0.15) is 20.0 Å². The van der Waals surface area contributed by atoms with Gasteiger partial charge in [-0.2, -0.15) is 0 Å². The molecule has 3 N–H and O–H groups in total. The zero-order chi connectivity index (χ0) is 12.6. The molecule has 90 valence electrons. The molecule has 0 heterocycles. The van der Waals surface area contributed by atoms with E-state index in [-0.39, 0.29) is 64.1 Å². The van der Waals surface area contributed by atoms with Gasteiger partial charge in [0.1, 0.15) is 0 Å². The summed E-state index contributed by atoms with van der Waals surface area (Å²) in [6.45, 7) is 1.92. The second-order valence-electron chi connectivity index (χ2n) is 2.92. The number of hydrogen-bond acceptors (Lipinski definition) is 2. The van der Waals surface area contributed by atoms with Crippen molar-refractivity contribution in [2.24, 2.45) is 5.73 Å².